The highest BCUT2D eigenvalue weighted by Crippen LogP contribution is 2.51. The van der Waals surface area contributed by atoms with Gasteiger partial charge in [-0.15, -0.1) is 0 Å². The Morgan fingerprint density at radius 1 is 1.09 bits per heavy atom. The third-order valence-electron chi connectivity index (χ3n) is 9.17. The van der Waals surface area contributed by atoms with Crippen molar-refractivity contribution in [2.24, 2.45) is 5.92 Å². The van der Waals surface area contributed by atoms with Gasteiger partial charge in [0.15, 0.2) is 11.5 Å². The molecule has 0 radical (unpaired) electrons. The predicted octanol–water partition coefficient (Wildman–Crippen LogP) is 2.64. The van der Waals surface area contributed by atoms with Gasteiger partial charge in [-0.25, -0.2) is 4.79 Å². The number of aliphatic hydroxyl groups is 3. The first kappa shape index (κ1) is 30.8. The molecule has 11 heteroatoms. The number of para-hydroxylation sites is 1. The zero-order chi connectivity index (χ0) is 31.7. The van der Waals surface area contributed by atoms with E-state index < -0.39 is 41.6 Å². The third kappa shape index (κ3) is 5.83. The molecule has 6 rings (SSSR count). The van der Waals surface area contributed by atoms with E-state index in [4.69, 9.17) is 13.9 Å². The van der Waals surface area contributed by atoms with Gasteiger partial charge in [0.05, 0.1) is 32.3 Å². The van der Waals surface area contributed by atoms with Crippen LogP contribution in [0.5, 0.6) is 11.5 Å². The van der Waals surface area contributed by atoms with Crippen molar-refractivity contribution in [3.8, 4) is 11.5 Å². The Balaban J connectivity index is 1.46. The minimum atomic E-state index is -1.29. The Morgan fingerprint density at radius 2 is 1.87 bits per heavy atom. The molecule has 1 saturated carbocycles. The highest BCUT2D eigenvalue weighted by Gasteiger charge is 2.52. The number of fused-ring (bicyclic) bond motifs is 4. The molecule has 45 heavy (non-hydrogen) atoms. The number of aliphatic hydroxyl groups excluding tert-OH is 3. The second-order valence-corrected chi connectivity index (χ2v) is 12.0. The van der Waals surface area contributed by atoms with E-state index in [1.165, 1.54) is 18.1 Å². The van der Waals surface area contributed by atoms with Crippen molar-refractivity contribution in [1.29, 1.82) is 0 Å². The minimum Gasteiger partial charge on any atom is -0.493 e. The van der Waals surface area contributed by atoms with E-state index in [9.17, 15) is 29.7 Å². The summed E-state index contributed by atoms with van der Waals surface area (Å²) < 4.78 is 17.4. The fourth-order valence-electron chi connectivity index (χ4n) is 6.97. The molecule has 0 bridgehead atoms. The molecule has 0 unspecified atom stereocenters. The number of carbonyl (C=O) groups excluding carboxylic acids is 2. The molecule has 3 aliphatic rings. The average Bonchev–Trinajstić information content (AvgIpc) is 3.46. The summed E-state index contributed by atoms with van der Waals surface area (Å²) in [6.07, 6.45) is 4.22. The Kier molecular flexibility index (Phi) is 8.93. The van der Waals surface area contributed by atoms with Crippen LogP contribution in [-0.4, -0.2) is 77.1 Å². The molecule has 1 aromatic heterocycles. The maximum atomic E-state index is 14.4. The summed E-state index contributed by atoms with van der Waals surface area (Å²) in [6.45, 7) is -0.298. The maximum absolute atomic E-state index is 14.4. The molecule has 4 N–H and O–H groups in total. The van der Waals surface area contributed by atoms with Gasteiger partial charge in [-0.1, -0.05) is 37.5 Å². The molecule has 1 fully saturated rings. The number of ether oxygens (including phenoxy) is 2. The van der Waals surface area contributed by atoms with Gasteiger partial charge in [0.1, 0.15) is 23.4 Å². The van der Waals surface area contributed by atoms with Crippen LogP contribution in [-0.2, 0) is 11.4 Å². The molecular formula is C34H38N2O9. The van der Waals surface area contributed by atoms with Crippen LogP contribution >= 0.6 is 0 Å². The fraction of sp³-hybridized carbons (Fsp3) is 0.441. The van der Waals surface area contributed by atoms with Crippen molar-refractivity contribution in [3.05, 3.63) is 81.2 Å². The molecule has 4 atom stereocenters. The van der Waals surface area contributed by atoms with Crippen molar-refractivity contribution in [3.63, 3.8) is 0 Å². The molecule has 0 saturated heterocycles. The van der Waals surface area contributed by atoms with E-state index in [-0.39, 0.29) is 43.4 Å². The number of rotatable bonds is 9. The minimum absolute atomic E-state index is 0.00263. The van der Waals surface area contributed by atoms with Gasteiger partial charge >= 0.3 is 5.63 Å². The van der Waals surface area contributed by atoms with Crippen LogP contribution in [0.25, 0.3) is 11.0 Å². The van der Waals surface area contributed by atoms with Gasteiger partial charge in [-0.05, 0) is 54.7 Å². The third-order valence-corrected chi connectivity index (χ3v) is 9.17. The molecule has 3 aromatic rings. The van der Waals surface area contributed by atoms with Crippen LogP contribution in [0.3, 0.4) is 0 Å². The van der Waals surface area contributed by atoms with Gasteiger partial charge in [0.25, 0.3) is 5.91 Å². The first-order chi connectivity index (χ1) is 21.8. The van der Waals surface area contributed by atoms with Crippen molar-refractivity contribution in [1.82, 2.24) is 10.2 Å². The molecular weight excluding hydrogens is 580 g/mol. The molecule has 11 nitrogen and oxygen atoms in total. The van der Waals surface area contributed by atoms with E-state index >= 15 is 0 Å². The first-order valence-electron chi connectivity index (χ1n) is 15.5. The molecule has 0 spiro atoms. The highest BCUT2D eigenvalue weighted by molar-refractivity contribution is 5.98. The number of hydrogen-bond donors (Lipinski definition) is 4. The van der Waals surface area contributed by atoms with E-state index in [1.54, 1.807) is 42.5 Å². The lowest BCUT2D eigenvalue weighted by Gasteiger charge is -2.42. The molecule has 2 amide bonds. The monoisotopic (exact) mass is 618 g/mol. The Bertz CT molecular complexity index is 1680. The number of nitrogens with zero attached hydrogens (tertiary/aromatic N) is 1. The van der Waals surface area contributed by atoms with Gasteiger partial charge in [-0.2, -0.15) is 0 Å². The van der Waals surface area contributed by atoms with E-state index in [0.717, 1.165) is 32.1 Å². The molecule has 1 aliphatic heterocycles. The number of methoxy groups -OCH3 is 1. The molecule has 2 aliphatic carbocycles. The van der Waals surface area contributed by atoms with Crippen molar-refractivity contribution in [2.45, 2.75) is 62.9 Å². The van der Waals surface area contributed by atoms with Gasteiger partial charge in [0.2, 0.25) is 5.91 Å². The van der Waals surface area contributed by atoms with E-state index in [0.29, 0.717) is 33.6 Å². The van der Waals surface area contributed by atoms with Crippen LogP contribution in [0.1, 0.15) is 59.5 Å². The second-order valence-electron chi connectivity index (χ2n) is 12.0. The summed E-state index contributed by atoms with van der Waals surface area (Å²) in [5.41, 5.74) is 0.751. The molecule has 238 valence electrons. The van der Waals surface area contributed by atoms with Crippen LogP contribution in [0.4, 0.5) is 0 Å². The number of carbonyl (C=O) groups is 2. The number of benzene rings is 2. The van der Waals surface area contributed by atoms with E-state index in [1.807, 2.05) is 0 Å². The lowest BCUT2D eigenvalue weighted by atomic mass is 9.76. The second kappa shape index (κ2) is 13.0. The quantitative estimate of drug-likeness (QED) is 0.265. The van der Waals surface area contributed by atoms with Gasteiger partial charge in [-0.3, -0.25) is 9.59 Å². The Labute approximate surface area is 260 Å². The maximum Gasteiger partial charge on any atom is 0.349 e. The summed E-state index contributed by atoms with van der Waals surface area (Å²) in [5.74, 6) is -1.03. The molecule has 2 aromatic carbocycles. The number of amides is 2. The lowest BCUT2D eigenvalue weighted by molar-refractivity contribution is -0.118. The largest absolute Gasteiger partial charge is 0.493 e. The summed E-state index contributed by atoms with van der Waals surface area (Å²) in [7, 11) is 1.46. The molecule has 2 heterocycles. The summed E-state index contributed by atoms with van der Waals surface area (Å²) in [6, 6.07) is 10.8. The van der Waals surface area contributed by atoms with Gasteiger partial charge in [0, 0.05) is 29.6 Å². The predicted molar refractivity (Wildman–Crippen MR) is 164 cm³/mol. The van der Waals surface area contributed by atoms with E-state index in [2.05, 4.69) is 5.32 Å². The number of hydrogen-bond acceptors (Lipinski definition) is 9. The fourth-order valence-corrected chi connectivity index (χ4v) is 6.97. The van der Waals surface area contributed by atoms with Crippen LogP contribution < -0.4 is 20.4 Å². The normalized spacial score (nSPS) is 22.6. The van der Waals surface area contributed by atoms with Gasteiger partial charge < -0.3 is 39.4 Å². The Hall–Kier alpha value is -4.19. The smallest absolute Gasteiger partial charge is 0.349 e. The van der Waals surface area contributed by atoms with Crippen molar-refractivity contribution >= 4 is 22.8 Å². The van der Waals surface area contributed by atoms with Crippen LogP contribution in [0, 0.1) is 5.92 Å². The van der Waals surface area contributed by atoms with Crippen molar-refractivity contribution in [2.75, 3.05) is 26.8 Å². The summed E-state index contributed by atoms with van der Waals surface area (Å²) in [4.78, 5) is 42.7. The Morgan fingerprint density at radius 3 is 2.60 bits per heavy atom. The SMILES string of the molecule is COc1cc(CO)cc2c1O[C@@H]1[C@@H](O)[C@H](N(CC3CCCCC3)C(=O)c3cc4ccccc4oc3=O)C=C(C(=O)NCCO)[C@H]21. The standard InChI is InChI=1S/C34H38N2O9/c1-43-27-14-20(18-38)13-22-28-23(32(40)35-11-12-37)16-25(29(39)31(28)45-30(22)27)36(17-19-7-3-2-4-8-19)33(41)24-15-21-9-5-6-10-26(21)44-34(24)42/h5-6,9-10,13-16,19,25,28-29,31,37-39H,2-4,7-8,11-12,17-18H2,1H3,(H,35,40)/t25-,28+,29+,31+/m1/s1. The first-order valence-corrected chi connectivity index (χ1v) is 15.5. The summed E-state index contributed by atoms with van der Waals surface area (Å²) in [5, 5.41) is 34.6. The average molecular weight is 619 g/mol. The topological polar surface area (TPSA) is 159 Å². The van der Waals surface area contributed by atoms with Crippen LogP contribution in [0.15, 0.2) is 63.3 Å². The zero-order valence-electron chi connectivity index (χ0n) is 25.1. The zero-order valence-corrected chi connectivity index (χ0v) is 25.1. The van der Waals surface area contributed by atoms with Crippen LogP contribution in [0.2, 0.25) is 0 Å². The number of nitrogens with one attached hydrogen (secondary N) is 1. The highest BCUT2D eigenvalue weighted by atomic mass is 16.5. The van der Waals surface area contributed by atoms with Crippen molar-refractivity contribution < 1.29 is 38.8 Å². The summed E-state index contributed by atoms with van der Waals surface area (Å²) >= 11 is 0. The lowest BCUT2D eigenvalue weighted by Crippen LogP contribution is -2.57.